The number of carbonyl (C=O) groups excluding carboxylic acids is 2. The van der Waals surface area contributed by atoms with Crippen molar-refractivity contribution >= 4 is 18.2 Å². The molecule has 7 nitrogen and oxygen atoms in total. The summed E-state index contributed by atoms with van der Waals surface area (Å²) in [6.07, 6.45) is 1.14. The summed E-state index contributed by atoms with van der Waals surface area (Å²) in [5.41, 5.74) is 9.29. The van der Waals surface area contributed by atoms with Gasteiger partial charge in [-0.3, -0.25) is 14.4 Å². The van der Waals surface area contributed by atoms with Crippen molar-refractivity contribution in [3.05, 3.63) is 0 Å². The maximum atomic E-state index is 10.4. The minimum atomic E-state index is -1.22. The molecule has 0 saturated carbocycles. The van der Waals surface area contributed by atoms with Gasteiger partial charge in [-0.1, -0.05) is 0 Å². The molecule has 0 bridgehead atoms. The van der Waals surface area contributed by atoms with Crippen LogP contribution in [0.3, 0.4) is 0 Å². The zero-order valence-electron chi connectivity index (χ0n) is 6.74. The molecule has 73 valence electrons. The molecule has 0 aromatic heterocycles. The number of carboxylic acids is 1. The van der Waals surface area contributed by atoms with Gasteiger partial charge in [0.15, 0.2) is 0 Å². The number of rotatable bonds is 7. The van der Waals surface area contributed by atoms with E-state index in [1.807, 2.05) is 0 Å². The van der Waals surface area contributed by atoms with Gasteiger partial charge in [-0.25, -0.2) is 10.9 Å². The molecule has 0 aliphatic heterocycles. The smallest absolute Gasteiger partial charge is 0.322 e. The molecule has 0 spiro atoms. The first kappa shape index (κ1) is 11.5. The van der Waals surface area contributed by atoms with Gasteiger partial charge in [0, 0.05) is 0 Å². The minimum Gasteiger partial charge on any atom is -0.480 e. The Kier molecular flexibility index (Phi) is 5.40. The van der Waals surface area contributed by atoms with E-state index in [0.717, 1.165) is 0 Å². The molecule has 0 aromatic rings. The molecule has 0 rings (SSSR count). The lowest BCUT2D eigenvalue weighted by Gasteiger charge is -2.11. The molecule has 0 saturated heterocycles. The van der Waals surface area contributed by atoms with Gasteiger partial charge in [0.05, 0.1) is 13.0 Å². The van der Waals surface area contributed by atoms with Crippen molar-refractivity contribution in [3.63, 3.8) is 0 Å². The third-order valence-corrected chi connectivity index (χ3v) is 1.14. The summed E-state index contributed by atoms with van der Waals surface area (Å²) >= 11 is 0. The number of hydrazine groups is 1. The van der Waals surface area contributed by atoms with Crippen LogP contribution in [-0.2, 0) is 14.4 Å². The highest BCUT2D eigenvalue weighted by molar-refractivity contribution is 5.83. The lowest BCUT2D eigenvalue weighted by molar-refractivity contribution is -0.141. The van der Waals surface area contributed by atoms with Gasteiger partial charge in [-0.05, 0) is 0 Å². The second-order valence-electron chi connectivity index (χ2n) is 2.20. The number of nitrogens with one attached hydrogen (secondary N) is 2. The molecule has 0 aliphatic rings. The second-order valence-corrected chi connectivity index (χ2v) is 2.20. The molecule has 0 aliphatic carbocycles. The normalized spacial score (nSPS) is 12.0. The third-order valence-electron chi connectivity index (χ3n) is 1.14. The molecule has 13 heavy (non-hydrogen) atoms. The molecule has 1 amide bonds. The number of nitrogens with two attached hydrogens (primary N) is 1. The lowest BCUT2D eigenvalue weighted by atomic mass is 10.2. The van der Waals surface area contributed by atoms with Crippen LogP contribution >= 0.6 is 0 Å². The monoisotopic (exact) mass is 188 g/mol. The number of amides is 1. The SMILES string of the molecule is NC(=O)C[C@H](NNC[C]=O)C(=O)O. The largest absolute Gasteiger partial charge is 0.480 e. The molecular weight excluding hydrogens is 178 g/mol. The fourth-order valence-corrected chi connectivity index (χ4v) is 0.612. The number of hydrogen-bond acceptors (Lipinski definition) is 5. The Labute approximate surface area is 74.3 Å². The molecular formula is C6H10N3O4. The number of hydrogen-bond donors (Lipinski definition) is 4. The van der Waals surface area contributed by atoms with Gasteiger partial charge in [0.2, 0.25) is 12.2 Å². The van der Waals surface area contributed by atoms with Gasteiger partial charge in [-0.15, -0.1) is 0 Å². The first-order valence-corrected chi connectivity index (χ1v) is 3.42. The number of aliphatic carboxylic acids is 1. The molecule has 0 heterocycles. The van der Waals surface area contributed by atoms with Crippen molar-refractivity contribution in [3.8, 4) is 0 Å². The molecule has 1 radical (unpaired) electrons. The van der Waals surface area contributed by atoms with Crippen LogP contribution in [0, 0.1) is 0 Å². The fourth-order valence-electron chi connectivity index (χ4n) is 0.612. The second kappa shape index (κ2) is 6.09. The van der Waals surface area contributed by atoms with E-state index in [0.29, 0.717) is 0 Å². The average Bonchev–Trinajstić information content (AvgIpc) is 2.02. The molecule has 0 unspecified atom stereocenters. The van der Waals surface area contributed by atoms with E-state index in [-0.39, 0.29) is 13.0 Å². The van der Waals surface area contributed by atoms with Gasteiger partial charge >= 0.3 is 5.97 Å². The minimum absolute atomic E-state index is 0.164. The van der Waals surface area contributed by atoms with Gasteiger partial charge in [0.25, 0.3) is 0 Å². The molecule has 0 fully saturated rings. The zero-order valence-corrected chi connectivity index (χ0v) is 6.74. The average molecular weight is 188 g/mol. The van der Waals surface area contributed by atoms with E-state index in [9.17, 15) is 14.4 Å². The Balaban J connectivity index is 3.87. The van der Waals surface area contributed by atoms with E-state index in [1.54, 1.807) is 0 Å². The fraction of sp³-hybridized carbons (Fsp3) is 0.500. The Morgan fingerprint density at radius 2 is 2.15 bits per heavy atom. The van der Waals surface area contributed by atoms with E-state index in [1.165, 1.54) is 6.29 Å². The van der Waals surface area contributed by atoms with Crippen molar-refractivity contribution in [2.75, 3.05) is 6.54 Å². The summed E-state index contributed by atoms with van der Waals surface area (Å²) in [4.78, 5) is 30.5. The Morgan fingerprint density at radius 3 is 2.54 bits per heavy atom. The quantitative estimate of drug-likeness (QED) is 0.259. The molecule has 1 atom stereocenters. The number of primary amides is 1. The third kappa shape index (κ3) is 5.76. The molecule has 0 aromatic carbocycles. The van der Waals surface area contributed by atoms with E-state index >= 15 is 0 Å². The topological polar surface area (TPSA) is 122 Å². The van der Waals surface area contributed by atoms with Crippen molar-refractivity contribution in [2.24, 2.45) is 5.73 Å². The summed E-state index contributed by atoms with van der Waals surface area (Å²) in [6, 6.07) is -1.13. The van der Waals surface area contributed by atoms with Crippen LogP contribution in [0.5, 0.6) is 0 Å². The van der Waals surface area contributed by atoms with Crippen LogP contribution in [0.15, 0.2) is 0 Å². The van der Waals surface area contributed by atoms with E-state index in [4.69, 9.17) is 10.8 Å². The number of carbonyl (C=O) groups is 2. The Bertz CT molecular complexity index is 206. The molecule has 5 N–H and O–H groups in total. The standard InChI is InChI=1S/C6H10N3O4/c7-5(11)3-4(6(12)13)9-8-1-2-10/h4,8-9H,1,3H2,(H2,7,11)(H,12,13)/t4-/m0/s1. The van der Waals surface area contributed by atoms with Crippen LogP contribution in [0.2, 0.25) is 0 Å². The van der Waals surface area contributed by atoms with Gasteiger partial charge in [-0.2, -0.15) is 0 Å². The maximum absolute atomic E-state index is 10.4. The van der Waals surface area contributed by atoms with Crippen LogP contribution in [0.25, 0.3) is 0 Å². The van der Waals surface area contributed by atoms with Crippen LogP contribution in [0.4, 0.5) is 0 Å². The van der Waals surface area contributed by atoms with Crippen molar-refractivity contribution < 1.29 is 19.5 Å². The summed E-state index contributed by atoms with van der Waals surface area (Å²) < 4.78 is 0. The highest BCUT2D eigenvalue weighted by Crippen LogP contribution is 1.88. The molecule has 7 heteroatoms. The van der Waals surface area contributed by atoms with E-state index in [2.05, 4.69) is 10.9 Å². The van der Waals surface area contributed by atoms with Gasteiger partial charge in [0.1, 0.15) is 6.04 Å². The summed E-state index contributed by atoms with van der Waals surface area (Å²) in [7, 11) is 0. The number of carboxylic acid groups (broad SMARTS) is 1. The summed E-state index contributed by atoms with van der Waals surface area (Å²) in [5.74, 6) is -1.96. The first-order chi connectivity index (χ1) is 6.07. The predicted octanol–water partition coefficient (Wildman–Crippen LogP) is -2.48. The van der Waals surface area contributed by atoms with Crippen LogP contribution in [0.1, 0.15) is 6.42 Å². The Morgan fingerprint density at radius 1 is 1.54 bits per heavy atom. The zero-order chi connectivity index (χ0) is 10.3. The first-order valence-electron chi connectivity index (χ1n) is 3.42. The van der Waals surface area contributed by atoms with Crippen LogP contribution < -0.4 is 16.6 Å². The predicted molar refractivity (Wildman–Crippen MR) is 42.1 cm³/mol. The van der Waals surface area contributed by atoms with Gasteiger partial charge < -0.3 is 10.8 Å². The van der Waals surface area contributed by atoms with E-state index < -0.39 is 17.9 Å². The summed E-state index contributed by atoms with van der Waals surface area (Å²) in [5, 5.41) is 8.51. The highest BCUT2D eigenvalue weighted by Gasteiger charge is 2.18. The van der Waals surface area contributed by atoms with Crippen molar-refractivity contribution in [2.45, 2.75) is 12.5 Å². The van der Waals surface area contributed by atoms with Crippen molar-refractivity contribution in [1.29, 1.82) is 0 Å². The van der Waals surface area contributed by atoms with Crippen LogP contribution in [-0.4, -0.2) is 35.9 Å². The maximum Gasteiger partial charge on any atom is 0.322 e. The summed E-state index contributed by atoms with van der Waals surface area (Å²) in [6.45, 7) is -0.164. The Hall–Kier alpha value is -1.47. The highest BCUT2D eigenvalue weighted by atomic mass is 16.4. The lowest BCUT2D eigenvalue weighted by Crippen LogP contribution is -2.47. The van der Waals surface area contributed by atoms with Crippen molar-refractivity contribution in [1.82, 2.24) is 10.9 Å².